The van der Waals surface area contributed by atoms with Crippen molar-refractivity contribution in [3.63, 3.8) is 0 Å². The highest BCUT2D eigenvalue weighted by Gasteiger charge is 2.36. The maximum absolute atomic E-state index is 5.45. The van der Waals surface area contributed by atoms with Crippen molar-refractivity contribution in [2.24, 2.45) is 0 Å². The minimum atomic E-state index is 0.255. The number of hydrogen-bond donors (Lipinski definition) is 1. The van der Waals surface area contributed by atoms with E-state index >= 15 is 0 Å². The molecule has 1 N–H and O–H groups in total. The topological polar surface area (TPSA) is 33.7 Å². The molecule has 0 spiro atoms. The van der Waals surface area contributed by atoms with Crippen LogP contribution >= 0.6 is 0 Å². The van der Waals surface area contributed by atoms with Crippen LogP contribution in [0.25, 0.3) is 0 Å². The van der Waals surface area contributed by atoms with Crippen LogP contribution in [0.1, 0.15) is 12.8 Å². The second kappa shape index (κ2) is 5.25. The van der Waals surface area contributed by atoms with Crippen LogP contribution in [0.3, 0.4) is 0 Å². The number of rotatable bonds is 3. The molecule has 2 heterocycles. The second-order valence-corrected chi connectivity index (χ2v) is 4.48. The quantitative estimate of drug-likeness (QED) is 0.721. The van der Waals surface area contributed by atoms with Gasteiger partial charge in [-0.1, -0.05) is 0 Å². The predicted octanol–water partition coefficient (Wildman–Crippen LogP) is 0.0840. The summed E-state index contributed by atoms with van der Waals surface area (Å²) >= 11 is 0. The Morgan fingerprint density at radius 3 is 2.00 bits per heavy atom. The maximum atomic E-state index is 5.45. The summed E-state index contributed by atoms with van der Waals surface area (Å²) in [6.45, 7) is 4.35. The lowest BCUT2D eigenvalue weighted by Crippen LogP contribution is -2.42. The van der Waals surface area contributed by atoms with Gasteiger partial charge in [-0.3, -0.25) is 4.90 Å². The molecule has 88 valence electrons. The lowest BCUT2D eigenvalue weighted by molar-refractivity contribution is -0.00461. The Hall–Kier alpha value is -0.160. The highest BCUT2D eigenvalue weighted by atomic mass is 16.5. The summed E-state index contributed by atoms with van der Waals surface area (Å²) in [5.74, 6) is 0. The van der Waals surface area contributed by atoms with E-state index in [-0.39, 0.29) is 12.2 Å². The number of hydrogen-bond acceptors (Lipinski definition) is 4. The predicted molar refractivity (Wildman–Crippen MR) is 59.1 cm³/mol. The molecule has 2 aliphatic rings. The molecule has 2 rings (SSSR count). The summed E-state index contributed by atoms with van der Waals surface area (Å²) in [5, 5.41) is 3.40. The molecule has 0 radical (unpaired) electrons. The zero-order valence-corrected chi connectivity index (χ0v) is 9.74. The average Bonchev–Trinajstić information content (AvgIpc) is 2.73. The van der Waals surface area contributed by atoms with Gasteiger partial charge in [-0.15, -0.1) is 0 Å². The van der Waals surface area contributed by atoms with Crippen molar-refractivity contribution < 1.29 is 9.47 Å². The van der Waals surface area contributed by atoms with E-state index < -0.39 is 0 Å². The summed E-state index contributed by atoms with van der Waals surface area (Å²) in [5.41, 5.74) is 0. The van der Waals surface area contributed by atoms with Crippen LogP contribution in [0.5, 0.6) is 0 Å². The van der Waals surface area contributed by atoms with Gasteiger partial charge in [0.15, 0.2) is 0 Å². The molecule has 4 nitrogen and oxygen atoms in total. The molecule has 0 unspecified atom stereocenters. The fourth-order valence-electron chi connectivity index (χ4n) is 2.69. The zero-order valence-electron chi connectivity index (χ0n) is 9.74. The minimum absolute atomic E-state index is 0.255. The zero-order chi connectivity index (χ0) is 10.7. The third kappa shape index (κ3) is 2.50. The maximum Gasteiger partial charge on any atom is 0.0971 e. The van der Waals surface area contributed by atoms with E-state index in [0.29, 0.717) is 0 Å². The lowest BCUT2D eigenvalue weighted by atomic mass is 10.1. The van der Waals surface area contributed by atoms with E-state index in [0.717, 1.165) is 32.2 Å². The van der Waals surface area contributed by atoms with Crippen LogP contribution in [0.15, 0.2) is 0 Å². The number of methoxy groups -OCH3 is 2. The molecule has 4 heteroatoms. The molecule has 0 amide bonds. The lowest BCUT2D eigenvalue weighted by Gasteiger charge is -2.31. The SMILES string of the molecule is CO[C@H]1CN(C2CCNCC2)C[C@@H]1OC. The Balaban J connectivity index is 1.88. The summed E-state index contributed by atoms with van der Waals surface area (Å²) in [4.78, 5) is 2.53. The van der Waals surface area contributed by atoms with Crippen molar-refractivity contribution in [1.82, 2.24) is 10.2 Å². The Kier molecular flexibility index (Phi) is 3.97. The van der Waals surface area contributed by atoms with E-state index in [1.54, 1.807) is 14.2 Å². The molecule has 2 fully saturated rings. The largest absolute Gasteiger partial charge is 0.377 e. The van der Waals surface area contributed by atoms with Crippen LogP contribution in [-0.2, 0) is 9.47 Å². The van der Waals surface area contributed by atoms with Gasteiger partial charge in [0.1, 0.15) is 0 Å². The number of ether oxygens (including phenoxy) is 2. The van der Waals surface area contributed by atoms with Crippen molar-refractivity contribution in [3.05, 3.63) is 0 Å². The summed E-state index contributed by atoms with van der Waals surface area (Å²) in [6.07, 6.45) is 3.02. The fourth-order valence-corrected chi connectivity index (χ4v) is 2.69. The average molecular weight is 214 g/mol. The smallest absolute Gasteiger partial charge is 0.0971 e. The minimum Gasteiger partial charge on any atom is -0.377 e. The van der Waals surface area contributed by atoms with Gasteiger partial charge >= 0.3 is 0 Å². The van der Waals surface area contributed by atoms with Gasteiger partial charge in [0.2, 0.25) is 0 Å². The Morgan fingerprint density at radius 2 is 1.53 bits per heavy atom. The van der Waals surface area contributed by atoms with Crippen molar-refractivity contribution >= 4 is 0 Å². The molecule has 0 aromatic carbocycles. The van der Waals surface area contributed by atoms with Crippen LogP contribution in [0.2, 0.25) is 0 Å². The van der Waals surface area contributed by atoms with E-state index in [1.807, 2.05) is 0 Å². The number of piperidine rings is 1. The van der Waals surface area contributed by atoms with Crippen LogP contribution in [-0.4, -0.2) is 63.5 Å². The third-order valence-corrected chi connectivity index (χ3v) is 3.67. The van der Waals surface area contributed by atoms with Gasteiger partial charge in [-0.05, 0) is 25.9 Å². The van der Waals surface area contributed by atoms with Crippen molar-refractivity contribution in [3.8, 4) is 0 Å². The van der Waals surface area contributed by atoms with E-state index in [2.05, 4.69) is 10.2 Å². The monoisotopic (exact) mass is 214 g/mol. The van der Waals surface area contributed by atoms with Gasteiger partial charge in [-0.2, -0.15) is 0 Å². The van der Waals surface area contributed by atoms with Crippen LogP contribution in [0, 0.1) is 0 Å². The van der Waals surface area contributed by atoms with Crippen molar-refractivity contribution in [1.29, 1.82) is 0 Å². The summed E-state index contributed by atoms with van der Waals surface area (Å²) in [6, 6.07) is 0.726. The first-order chi connectivity index (χ1) is 7.35. The number of likely N-dealkylation sites (tertiary alicyclic amines) is 1. The van der Waals surface area contributed by atoms with Crippen LogP contribution in [0.4, 0.5) is 0 Å². The van der Waals surface area contributed by atoms with Gasteiger partial charge in [0.25, 0.3) is 0 Å². The molecule has 15 heavy (non-hydrogen) atoms. The van der Waals surface area contributed by atoms with Gasteiger partial charge < -0.3 is 14.8 Å². The van der Waals surface area contributed by atoms with Crippen molar-refractivity contribution in [2.75, 3.05) is 40.4 Å². The molecule has 0 bridgehead atoms. The number of nitrogens with one attached hydrogen (secondary N) is 1. The highest BCUT2D eigenvalue weighted by Crippen LogP contribution is 2.21. The highest BCUT2D eigenvalue weighted by molar-refractivity contribution is 4.90. The summed E-state index contributed by atoms with van der Waals surface area (Å²) < 4.78 is 10.9. The normalized spacial score (nSPS) is 34.8. The first-order valence-corrected chi connectivity index (χ1v) is 5.85. The van der Waals surface area contributed by atoms with Crippen molar-refractivity contribution in [2.45, 2.75) is 31.1 Å². The standard InChI is InChI=1S/C11H22N2O2/c1-14-10-7-13(8-11(10)15-2)9-3-5-12-6-4-9/h9-12H,3-8H2,1-2H3/t10-,11-/m0/s1. The Morgan fingerprint density at radius 1 is 1.00 bits per heavy atom. The second-order valence-electron chi connectivity index (χ2n) is 4.48. The molecular weight excluding hydrogens is 192 g/mol. The molecule has 2 saturated heterocycles. The molecular formula is C11H22N2O2. The number of nitrogens with zero attached hydrogens (tertiary/aromatic N) is 1. The van der Waals surface area contributed by atoms with Gasteiger partial charge in [0.05, 0.1) is 12.2 Å². The Bertz CT molecular complexity index is 183. The van der Waals surface area contributed by atoms with E-state index in [9.17, 15) is 0 Å². The fraction of sp³-hybridized carbons (Fsp3) is 1.00. The molecule has 0 saturated carbocycles. The summed E-state index contributed by atoms with van der Waals surface area (Å²) in [7, 11) is 3.56. The van der Waals surface area contributed by atoms with E-state index in [4.69, 9.17) is 9.47 Å². The first kappa shape index (κ1) is 11.3. The first-order valence-electron chi connectivity index (χ1n) is 5.85. The molecule has 0 aliphatic carbocycles. The molecule has 2 aliphatic heterocycles. The van der Waals surface area contributed by atoms with E-state index in [1.165, 1.54) is 12.8 Å². The third-order valence-electron chi connectivity index (χ3n) is 3.67. The Labute approximate surface area is 91.9 Å². The van der Waals surface area contributed by atoms with Gasteiger partial charge in [-0.25, -0.2) is 0 Å². The molecule has 0 aromatic heterocycles. The molecule has 2 atom stereocenters. The van der Waals surface area contributed by atoms with Gasteiger partial charge in [0, 0.05) is 33.4 Å². The molecule has 0 aromatic rings. The van der Waals surface area contributed by atoms with Crippen LogP contribution < -0.4 is 5.32 Å².